The van der Waals surface area contributed by atoms with Crippen LogP contribution in [0.4, 0.5) is 8.78 Å². The van der Waals surface area contributed by atoms with E-state index in [9.17, 15) is 8.78 Å². The molecule has 2 aliphatic rings. The van der Waals surface area contributed by atoms with Crippen LogP contribution in [0.15, 0.2) is 95.4 Å². The predicted octanol–water partition coefficient (Wildman–Crippen LogP) is 8.86. The molecule has 5 aromatic carbocycles. The molecule has 0 radical (unpaired) electrons. The fraction of sp³-hybridized carbons (Fsp3) is 0.0323. The maximum Gasteiger partial charge on any atom is 0.136 e. The first kappa shape index (κ1) is 19.4. The van der Waals surface area contributed by atoms with E-state index in [0.29, 0.717) is 5.02 Å². The summed E-state index contributed by atoms with van der Waals surface area (Å²) in [4.78, 5) is 0. The average Bonchev–Trinajstić information content (AvgIpc) is 3.46. The molecule has 0 atom stereocenters. The van der Waals surface area contributed by atoms with Crippen molar-refractivity contribution in [2.24, 2.45) is 0 Å². The lowest BCUT2D eigenvalue weighted by molar-refractivity contribution is 0.617. The van der Waals surface area contributed by atoms with Crippen molar-refractivity contribution >= 4 is 33.5 Å². The Hall–Kier alpha value is -3.95. The third kappa shape index (κ3) is 2.23. The van der Waals surface area contributed by atoms with Crippen LogP contribution in [0.3, 0.4) is 0 Å². The Morgan fingerprint density at radius 3 is 2.00 bits per heavy atom. The number of hydrogen-bond donors (Lipinski definition) is 0. The molecule has 4 heteroatoms. The van der Waals surface area contributed by atoms with Crippen LogP contribution in [0.5, 0.6) is 0 Å². The van der Waals surface area contributed by atoms with Gasteiger partial charge in [0, 0.05) is 15.8 Å². The summed E-state index contributed by atoms with van der Waals surface area (Å²) in [7, 11) is 0. The fourth-order valence-corrected chi connectivity index (χ4v) is 6.62. The van der Waals surface area contributed by atoms with Crippen LogP contribution in [0, 0.1) is 11.6 Å². The molecular weight excluding hydrogens is 462 g/mol. The largest absolute Gasteiger partial charge is 0.456 e. The number of fused-ring (bicyclic) bond motifs is 14. The summed E-state index contributed by atoms with van der Waals surface area (Å²) < 4.78 is 35.9. The van der Waals surface area contributed by atoms with E-state index in [1.165, 1.54) is 12.1 Å². The normalized spacial score (nSPS) is 14.4. The molecule has 1 aromatic heterocycles. The van der Waals surface area contributed by atoms with Gasteiger partial charge in [0.15, 0.2) is 0 Å². The van der Waals surface area contributed by atoms with Gasteiger partial charge in [-0.15, -0.1) is 0 Å². The van der Waals surface area contributed by atoms with Crippen LogP contribution >= 0.6 is 11.6 Å². The Morgan fingerprint density at radius 2 is 1.26 bits per heavy atom. The topological polar surface area (TPSA) is 13.1 Å². The summed E-state index contributed by atoms with van der Waals surface area (Å²) in [6, 6.07) is 27.5. The molecule has 8 rings (SSSR count). The minimum atomic E-state index is -0.892. The van der Waals surface area contributed by atoms with Gasteiger partial charge in [-0.2, -0.15) is 0 Å². The second-order valence-corrected chi connectivity index (χ2v) is 9.72. The van der Waals surface area contributed by atoms with Crippen LogP contribution in [-0.2, 0) is 5.41 Å². The number of benzene rings is 5. The van der Waals surface area contributed by atoms with Gasteiger partial charge in [0.25, 0.3) is 0 Å². The molecule has 1 nitrogen and oxygen atoms in total. The van der Waals surface area contributed by atoms with E-state index >= 15 is 0 Å². The van der Waals surface area contributed by atoms with Gasteiger partial charge >= 0.3 is 0 Å². The molecule has 0 bridgehead atoms. The highest BCUT2D eigenvalue weighted by molar-refractivity contribution is 6.31. The minimum Gasteiger partial charge on any atom is -0.456 e. The van der Waals surface area contributed by atoms with Gasteiger partial charge in [-0.25, -0.2) is 8.78 Å². The lowest BCUT2D eigenvalue weighted by Crippen LogP contribution is -2.26. The first-order valence-corrected chi connectivity index (χ1v) is 11.8. The lowest BCUT2D eigenvalue weighted by Gasteiger charge is -2.30. The van der Waals surface area contributed by atoms with Crippen molar-refractivity contribution in [3.63, 3.8) is 0 Å². The second kappa shape index (κ2) is 6.38. The van der Waals surface area contributed by atoms with Crippen molar-refractivity contribution in [2.75, 3.05) is 0 Å². The third-order valence-corrected chi connectivity index (χ3v) is 7.90. The number of para-hydroxylation sites is 1. The number of hydrogen-bond acceptors (Lipinski definition) is 1. The Bertz CT molecular complexity index is 1850. The summed E-state index contributed by atoms with van der Waals surface area (Å²) in [5, 5.41) is 2.59. The van der Waals surface area contributed by atoms with Crippen LogP contribution < -0.4 is 0 Å². The first-order valence-electron chi connectivity index (χ1n) is 11.4. The zero-order valence-corrected chi connectivity index (χ0v) is 19.0. The molecule has 0 saturated heterocycles. The smallest absolute Gasteiger partial charge is 0.136 e. The first-order chi connectivity index (χ1) is 17.1. The third-order valence-electron chi connectivity index (χ3n) is 7.66. The van der Waals surface area contributed by atoms with E-state index in [1.807, 2.05) is 48.5 Å². The summed E-state index contributed by atoms with van der Waals surface area (Å²) in [5.41, 5.74) is 8.00. The minimum absolute atomic E-state index is 0.330. The zero-order chi connectivity index (χ0) is 23.5. The van der Waals surface area contributed by atoms with E-state index in [4.69, 9.17) is 16.0 Å². The molecule has 166 valence electrons. The molecule has 0 amide bonds. The standard InChI is InChI=1S/C31H15ClF2O/c32-16-5-8-21-24(13-16)31(23-11-12-28-30(29(21)23)22-3-1-2-4-27(22)35-28)25-14-17(33)6-9-19(25)20-10-7-18(34)15-26(20)31/h1-15H. The van der Waals surface area contributed by atoms with Gasteiger partial charge in [0.2, 0.25) is 0 Å². The summed E-state index contributed by atoms with van der Waals surface area (Å²) in [6.07, 6.45) is 0. The van der Waals surface area contributed by atoms with Crippen molar-refractivity contribution in [2.45, 2.75) is 5.41 Å². The number of halogens is 3. The molecule has 0 saturated carbocycles. The maximum absolute atomic E-state index is 14.8. The molecule has 1 spiro atoms. The van der Waals surface area contributed by atoms with Gasteiger partial charge in [-0.3, -0.25) is 0 Å². The highest BCUT2D eigenvalue weighted by Gasteiger charge is 2.52. The second-order valence-electron chi connectivity index (χ2n) is 9.28. The van der Waals surface area contributed by atoms with E-state index in [2.05, 4.69) is 6.07 Å². The van der Waals surface area contributed by atoms with Gasteiger partial charge in [-0.05, 0) is 93.0 Å². The van der Waals surface area contributed by atoms with Gasteiger partial charge in [0.05, 0.1) is 5.41 Å². The van der Waals surface area contributed by atoms with Crippen molar-refractivity contribution in [3.8, 4) is 22.3 Å². The molecule has 1 heterocycles. The van der Waals surface area contributed by atoms with Gasteiger partial charge in [0.1, 0.15) is 22.8 Å². The van der Waals surface area contributed by atoms with Crippen LogP contribution in [0.2, 0.25) is 5.02 Å². The summed E-state index contributed by atoms with van der Waals surface area (Å²) in [5.74, 6) is -0.661. The lowest BCUT2D eigenvalue weighted by atomic mass is 9.70. The zero-order valence-electron chi connectivity index (χ0n) is 18.2. The fourth-order valence-electron chi connectivity index (χ4n) is 6.45. The number of furan rings is 1. The van der Waals surface area contributed by atoms with E-state index in [-0.39, 0.29) is 11.6 Å². The average molecular weight is 477 g/mol. The molecule has 0 N–H and O–H groups in total. The summed E-state index contributed by atoms with van der Waals surface area (Å²) >= 11 is 6.57. The van der Waals surface area contributed by atoms with E-state index in [1.54, 1.807) is 24.3 Å². The maximum atomic E-state index is 14.8. The van der Waals surface area contributed by atoms with Crippen LogP contribution in [-0.4, -0.2) is 0 Å². The van der Waals surface area contributed by atoms with Crippen molar-refractivity contribution in [3.05, 3.63) is 130 Å². The van der Waals surface area contributed by atoms with E-state index < -0.39 is 5.41 Å². The highest BCUT2D eigenvalue weighted by Crippen LogP contribution is 2.64. The number of rotatable bonds is 0. The Balaban J connectivity index is 1.65. The van der Waals surface area contributed by atoms with Crippen molar-refractivity contribution < 1.29 is 13.2 Å². The SMILES string of the molecule is Fc1ccc2c(c1)C1(c3cc(F)ccc3-2)c2cc(Cl)ccc2-c2c1ccc1oc3ccccc3c21. The highest BCUT2D eigenvalue weighted by atomic mass is 35.5. The Labute approximate surface area is 204 Å². The molecule has 0 fully saturated rings. The van der Waals surface area contributed by atoms with Crippen LogP contribution in [0.1, 0.15) is 22.3 Å². The molecular formula is C31H15ClF2O. The monoisotopic (exact) mass is 476 g/mol. The quantitative estimate of drug-likeness (QED) is 0.213. The summed E-state index contributed by atoms with van der Waals surface area (Å²) in [6.45, 7) is 0. The van der Waals surface area contributed by atoms with E-state index in [0.717, 1.165) is 66.4 Å². The molecule has 0 unspecified atom stereocenters. The molecule has 6 aromatic rings. The van der Waals surface area contributed by atoms with Crippen molar-refractivity contribution in [1.82, 2.24) is 0 Å². The van der Waals surface area contributed by atoms with Gasteiger partial charge < -0.3 is 4.42 Å². The Kier molecular flexibility index (Phi) is 3.53. The Morgan fingerprint density at radius 1 is 0.600 bits per heavy atom. The van der Waals surface area contributed by atoms with Crippen LogP contribution in [0.25, 0.3) is 44.2 Å². The predicted molar refractivity (Wildman–Crippen MR) is 135 cm³/mol. The van der Waals surface area contributed by atoms with Gasteiger partial charge in [-0.1, -0.05) is 54.1 Å². The molecule has 35 heavy (non-hydrogen) atoms. The molecule has 0 aliphatic heterocycles. The van der Waals surface area contributed by atoms with Crippen molar-refractivity contribution in [1.29, 1.82) is 0 Å². The molecule has 2 aliphatic carbocycles.